The van der Waals surface area contributed by atoms with Crippen molar-refractivity contribution < 1.29 is 9.22 Å². The van der Waals surface area contributed by atoms with Crippen molar-refractivity contribution >= 4 is 26.2 Å². The number of nitrogens with zero attached hydrogens (tertiary/aromatic N) is 1. The number of hydrogen-bond acceptors (Lipinski definition) is 3. The first-order chi connectivity index (χ1) is 8.69. The maximum absolute atomic E-state index is 10.9. The van der Waals surface area contributed by atoms with E-state index < -0.39 is 8.32 Å². The molecule has 1 aromatic rings. The van der Waals surface area contributed by atoms with Crippen molar-refractivity contribution in [2.75, 3.05) is 0 Å². The summed E-state index contributed by atoms with van der Waals surface area (Å²) in [5, 5.41) is 0.628. The molecule has 0 aliphatic rings. The maximum Gasteiger partial charge on any atom is 0.193 e. The summed E-state index contributed by atoms with van der Waals surface area (Å²) in [4.78, 5) is 15.2. The Hall–Kier alpha value is -0.713. The molecular formula is C14H22ClNO2Si. The van der Waals surface area contributed by atoms with Gasteiger partial charge in [0.2, 0.25) is 0 Å². The van der Waals surface area contributed by atoms with E-state index in [0.29, 0.717) is 10.7 Å². The van der Waals surface area contributed by atoms with Crippen LogP contribution in [-0.2, 0) is 9.22 Å². The van der Waals surface area contributed by atoms with Crippen molar-refractivity contribution in [3.05, 3.63) is 29.0 Å². The number of carbonyl (C=O) groups is 1. The molecule has 0 aliphatic heterocycles. The minimum absolute atomic E-state index is 0.0788. The summed E-state index contributed by atoms with van der Waals surface area (Å²) < 4.78 is 6.27. The molecule has 0 bridgehead atoms. The van der Waals surface area contributed by atoms with Crippen LogP contribution in [0, 0.1) is 0 Å². The molecule has 0 spiro atoms. The van der Waals surface area contributed by atoms with E-state index in [2.05, 4.69) is 38.8 Å². The normalized spacial score (nSPS) is 14.2. The van der Waals surface area contributed by atoms with Crippen LogP contribution in [0.1, 0.15) is 39.0 Å². The second-order valence-electron chi connectivity index (χ2n) is 6.14. The zero-order chi connectivity index (χ0) is 14.7. The molecule has 1 aromatic heterocycles. The topological polar surface area (TPSA) is 39.2 Å². The number of halogens is 1. The van der Waals surface area contributed by atoms with Gasteiger partial charge in [0.15, 0.2) is 8.32 Å². The molecule has 0 radical (unpaired) electrons. The second kappa shape index (κ2) is 6.16. The van der Waals surface area contributed by atoms with Crippen molar-refractivity contribution in [1.82, 2.24) is 4.98 Å². The Morgan fingerprint density at radius 3 is 2.58 bits per heavy atom. The largest absolute Gasteiger partial charge is 0.408 e. The highest BCUT2D eigenvalue weighted by molar-refractivity contribution is 6.74. The van der Waals surface area contributed by atoms with Gasteiger partial charge in [-0.3, -0.25) is 4.98 Å². The standard InChI is InChI=1S/C14H22ClNO2Si/c1-14(2,3)19(4,5)18-12(8-10-17)13-11(15)7-6-9-16-13/h6-7,9-10,12H,8H2,1-5H3. The second-order valence-corrected chi connectivity index (χ2v) is 11.3. The van der Waals surface area contributed by atoms with E-state index in [1.807, 2.05) is 0 Å². The van der Waals surface area contributed by atoms with Crippen molar-refractivity contribution in [2.24, 2.45) is 0 Å². The van der Waals surface area contributed by atoms with E-state index in [1.54, 1.807) is 18.3 Å². The van der Waals surface area contributed by atoms with Crippen LogP contribution < -0.4 is 0 Å². The van der Waals surface area contributed by atoms with Crippen LogP contribution in [0.15, 0.2) is 18.3 Å². The highest BCUT2D eigenvalue weighted by Crippen LogP contribution is 2.40. The number of pyridine rings is 1. The van der Waals surface area contributed by atoms with Crippen molar-refractivity contribution in [3.63, 3.8) is 0 Å². The zero-order valence-corrected chi connectivity index (χ0v) is 14.0. The van der Waals surface area contributed by atoms with Gasteiger partial charge in [0, 0.05) is 12.6 Å². The van der Waals surface area contributed by atoms with Gasteiger partial charge in [-0.05, 0) is 30.3 Å². The van der Waals surface area contributed by atoms with Gasteiger partial charge in [-0.1, -0.05) is 32.4 Å². The highest BCUT2D eigenvalue weighted by atomic mass is 35.5. The summed E-state index contributed by atoms with van der Waals surface area (Å²) in [6, 6.07) is 3.55. The van der Waals surface area contributed by atoms with Crippen molar-refractivity contribution in [1.29, 1.82) is 0 Å². The Morgan fingerprint density at radius 1 is 1.47 bits per heavy atom. The lowest BCUT2D eigenvalue weighted by atomic mass is 10.2. The van der Waals surface area contributed by atoms with Crippen LogP contribution in [0.4, 0.5) is 0 Å². The Bertz CT molecular complexity index is 443. The fourth-order valence-electron chi connectivity index (χ4n) is 1.47. The van der Waals surface area contributed by atoms with E-state index in [4.69, 9.17) is 16.0 Å². The molecule has 1 unspecified atom stereocenters. The number of rotatable bonds is 5. The summed E-state index contributed by atoms with van der Waals surface area (Å²) >= 11 is 6.15. The predicted octanol–water partition coefficient (Wildman–Crippen LogP) is 4.39. The third-order valence-electron chi connectivity index (χ3n) is 3.65. The fraction of sp³-hybridized carbons (Fsp3) is 0.571. The van der Waals surface area contributed by atoms with Gasteiger partial charge in [-0.25, -0.2) is 0 Å². The van der Waals surface area contributed by atoms with Gasteiger partial charge < -0.3 is 9.22 Å². The van der Waals surface area contributed by atoms with Crippen molar-refractivity contribution in [3.8, 4) is 0 Å². The SMILES string of the molecule is CC(C)(C)[Si](C)(C)OC(CC=O)c1ncccc1Cl. The van der Waals surface area contributed by atoms with Crippen LogP contribution in [-0.4, -0.2) is 19.6 Å². The summed E-state index contributed by atoms with van der Waals surface area (Å²) in [7, 11) is -1.97. The summed E-state index contributed by atoms with van der Waals surface area (Å²) in [6.07, 6.45) is 2.46. The van der Waals surface area contributed by atoms with E-state index in [-0.39, 0.29) is 17.6 Å². The number of hydrogen-bond donors (Lipinski definition) is 0. The van der Waals surface area contributed by atoms with E-state index in [0.717, 1.165) is 6.29 Å². The molecule has 1 heterocycles. The molecule has 5 heteroatoms. The van der Waals surface area contributed by atoms with Crippen LogP contribution >= 0.6 is 11.6 Å². The Balaban J connectivity index is 3.04. The quantitative estimate of drug-likeness (QED) is 0.598. The average molecular weight is 300 g/mol. The first kappa shape index (κ1) is 16.3. The third-order valence-corrected chi connectivity index (χ3v) is 8.45. The molecule has 0 N–H and O–H groups in total. The summed E-state index contributed by atoms with van der Waals surface area (Å²) in [5.74, 6) is 0. The molecule has 0 amide bonds. The molecule has 19 heavy (non-hydrogen) atoms. The highest BCUT2D eigenvalue weighted by Gasteiger charge is 2.39. The number of aldehydes is 1. The van der Waals surface area contributed by atoms with E-state index in [9.17, 15) is 4.79 Å². The van der Waals surface area contributed by atoms with Gasteiger partial charge in [0.1, 0.15) is 6.29 Å². The van der Waals surface area contributed by atoms with Crippen LogP contribution in [0.25, 0.3) is 0 Å². The fourth-order valence-corrected chi connectivity index (χ4v) is 2.99. The van der Waals surface area contributed by atoms with Gasteiger partial charge in [0.25, 0.3) is 0 Å². The van der Waals surface area contributed by atoms with Gasteiger partial charge in [-0.15, -0.1) is 0 Å². The number of aromatic nitrogens is 1. The van der Waals surface area contributed by atoms with E-state index in [1.165, 1.54) is 0 Å². The minimum atomic E-state index is -1.97. The van der Waals surface area contributed by atoms with Crippen LogP contribution in [0.3, 0.4) is 0 Å². The van der Waals surface area contributed by atoms with Gasteiger partial charge >= 0.3 is 0 Å². The molecule has 1 rings (SSSR count). The average Bonchev–Trinajstić information content (AvgIpc) is 2.27. The van der Waals surface area contributed by atoms with Crippen LogP contribution in [0.2, 0.25) is 23.2 Å². The smallest absolute Gasteiger partial charge is 0.193 e. The molecule has 0 fully saturated rings. The molecule has 3 nitrogen and oxygen atoms in total. The molecule has 0 saturated heterocycles. The number of carbonyl (C=O) groups excluding carboxylic acids is 1. The van der Waals surface area contributed by atoms with Crippen LogP contribution in [0.5, 0.6) is 0 Å². The van der Waals surface area contributed by atoms with Gasteiger partial charge in [0.05, 0.1) is 16.8 Å². The lowest BCUT2D eigenvalue weighted by Crippen LogP contribution is -2.42. The molecule has 0 aliphatic carbocycles. The Labute approximate surface area is 121 Å². The molecular weight excluding hydrogens is 278 g/mol. The lowest BCUT2D eigenvalue weighted by molar-refractivity contribution is -0.109. The lowest BCUT2D eigenvalue weighted by Gasteiger charge is -2.38. The Morgan fingerprint density at radius 2 is 2.11 bits per heavy atom. The first-order valence-electron chi connectivity index (χ1n) is 6.41. The molecule has 0 saturated carbocycles. The van der Waals surface area contributed by atoms with Gasteiger partial charge in [-0.2, -0.15) is 0 Å². The third kappa shape index (κ3) is 4.13. The molecule has 106 valence electrons. The summed E-state index contributed by atoms with van der Waals surface area (Å²) in [5.41, 5.74) is 0.654. The Kier molecular flexibility index (Phi) is 5.30. The predicted molar refractivity (Wildman–Crippen MR) is 81.0 cm³/mol. The molecule has 0 aromatic carbocycles. The summed E-state index contributed by atoms with van der Waals surface area (Å²) in [6.45, 7) is 10.8. The first-order valence-corrected chi connectivity index (χ1v) is 9.69. The minimum Gasteiger partial charge on any atom is -0.408 e. The maximum atomic E-state index is 10.9. The van der Waals surface area contributed by atoms with E-state index >= 15 is 0 Å². The monoisotopic (exact) mass is 299 g/mol. The van der Waals surface area contributed by atoms with Crippen molar-refractivity contribution in [2.45, 2.75) is 51.4 Å². The zero-order valence-electron chi connectivity index (χ0n) is 12.2. The molecule has 1 atom stereocenters.